The lowest BCUT2D eigenvalue weighted by atomic mass is 10.1. The first kappa shape index (κ1) is 27.2. The maximum absolute atomic E-state index is 12.9. The van der Waals surface area contributed by atoms with Gasteiger partial charge in [0.1, 0.15) is 17.2 Å². The first-order valence-corrected chi connectivity index (χ1v) is 13.3. The number of hydrogen-bond acceptors (Lipinski definition) is 6. The Hall–Kier alpha value is -3.38. The third-order valence-electron chi connectivity index (χ3n) is 4.92. The number of alkyl halides is 3. The van der Waals surface area contributed by atoms with Crippen LogP contribution in [0.2, 0.25) is 0 Å². The fourth-order valence-electron chi connectivity index (χ4n) is 3.13. The number of unbranched alkanes of at least 4 members (excludes halogenated alkanes) is 1. The number of nitrogens with one attached hydrogen (secondary N) is 2. The number of para-hydroxylation sites is 1. The first-order chi connectivity index (χ1) is 17.0. The summed E-state index contributed by atoms with van der Waals surface area (Å²) in [4.78, 5) is 25.6. The second-order valence-electron chi connectivity index (χ2n) is 7.70. The van der Waals surface area contributed by atoms with Gasteiger partial charge in [-0.2, -0.15) is 13.2 Å². The zero-order valence-electron chi connectivity index (χ0n) is 19.1. The molecule has 0 radical (unpaired) electrons. The van der Waals surface area contributed by atoms with Crippen molar-refractivity contribution in [3.8, 4) is 5.75 Å². The highest BCUT2D eigenvalue weighted by molar-refractivity contribution is 7.90. The Kier molecular flexibility index (Phi) is 8.75. The van der Waals surface area contributed by atoms with Gasteiger partial charge in [0.05, 0.1) is 22.6 Å². The number of amides is 2. The molecule has 36 heavy (non-hydrogen) atoms. The van der Waals surface area contributed by atoms with Crippen LogP contribution in [0.25, 0.3) is 0 Å². The van der Waals surface area contributed by atoms with Crippen LogP contribution in [0.4, 0.5) is 18.9 Å². The third-order valence-corrected chi connectivity index (χ3v) is 7.14. The molecule has 2 N–H and O–H groups in total. The maximum Gasteiger partial charge on any atom is 0.416 e. The Labute approximate surface area is 210 Å². The summed E-state index contributed by atoms with van der Waals surface area (Å²) >= 11 is 1.04. The first-order valence-electron chi connectivity index (χ1n) is 10.8. The number of halogens is 3. The minimum Gasteiger partial charge on any atom is -0.487 e. The molecular formula is C24H23F3N2O5S2. The molecule has 0 atom stereocenters. The number of rotatable bonds is 10. The van der Waals surface area contributed by atoms with Crippen molar-refractivity contribution < 1.29 is 35.9 Å². The predicted octanol–water partition coefficient (Wildman–Crippen LogP) is 5.46. The predicted molar refractivity (Wildman–Crippen MR) is 131 cm³/mol. The summed E-state index contributed by atoms with van der Waals surface area (Å²) in [7, 11) is -3.83. The largest absolute Gasteiger partial charge is 0.487 e. The number of hydrogen-bond donors (Lipinski definition) is 2. The van der Waals surface area contributed by atoms with Gasteiger partial charge in [0, 0.05) is 0 Å². The molecule has 0 saturated carbocycles. The summed E-state index contributed by atoms with van der Waals surface area (Å²) in [6, 6.07) is 12.1. The Morgan fingerprint density at radius 2 is 1.78 bits per heavy atom. The van der Waals surface area contributed by atoms with E-state index in [2.05, 4.69) is 5.32 Å². The molecule has 0 aliphatic heterocycles. The number of sulfonamides is 1. The molecule has 3 aromatic rings. The van der Waals surface area contributed by atoms with Gasteiger partial charge in [0.25, 0.3) is 11.8 Å². The fraction of sp³-hybridized carbons (Fsp3) is 0.250. The lowest BCUT2D eigenvalue weighted by Crippen LogP contribution is -2.33. The van der Waals surface area contributed by atoms with E-state index in [1.807, 2.05) is 11.6 Å². The van der Waals surface area contributed by atoms with Gasteiger partial charge in [-0.3, -0.25) is 9.59 Å². The van der Waals surface area contributed by atoms with E-state index in [4.69, 9.17) is 4.74 Å². The molecule has 192 valence electrons. The lowest BCUT2D eigenvalue weighted by molar-refractivity contribution is -0.137. The van der Waals surface area contributed by atoms with E-state index in [-0.39, 0.29) is 39.8 Å². The van der Waals surface area contributed by atoms with Gasteiger partial charge in [0.2, 0.25) is 10.0 Å². The maximum atomic E-state index is 12.9. The zero-order chi connectivity index (χ0) is 26.3. The van der Waals surface area contributed by atoms with Gasteiger partial charge in [0.15, 0.2) is 0 Å². The standard InChI is InChI=1S/C24H23F3N2O5S2/c1-2-3-13-36(32,33)29-22(30)18-9-4-5-10-19(18)28-23(31)21-20(11-12-35-21)34-15-16-7-6-8-17(14-16)24(25,26)27/h4-12,14H,2-3,13,15H2,1H3,(H,28,31)(H,29,30). The van der Waals surface area contributed by atoms with Crippen LogP contribution in [-0.2, 0) is 22.8 Å². The van der Waals surface area contributed by atoms with Crippen molar-refractivity contribution in [1.82, 2.24) is 4.72 Å². The molecule has 2 aromatic carbocycles. The molecule has 0 bridgehead atoms. The van der Waals surface area contributed by atoms with Gasteiger partial charge in [-0.05, 0) is 47.7 Å². The van der Waals surface area contributed by atoms with Crippen LogP contribution in [0, 0.1) is 0 Å². The van der Waals surface area contributed by atoms with Crippen molar-refractivity contribution in [1.29, 1.82) is 0 Å². The second kappa shape index (κ2) is 11.6. The van der Waals surface area contributed by atoms with Crippen LogP contribution in [0.3, 0.4) is 0 Å². The minimum absolute atomic E-state index is 0.0473. The average Bonchev–Trinajstić information content (AvgIpc) is 3.30. The molecule has 0 fully saturated rings. The Morgan fingerprint density at radius 1 is 1.03 bits per heavy atom. The van der Waals surface area contributed by atoms with Crippen molar-refractivity contribution in [2.45, 2.75) is 32.5 Å². The van der Waals surface area contributed by atoms with Gasteiger partial charge in [-0.25, -0.2) is 13.1 Å². The van der Waals surface area contributed by atoms with Crippen molar-refractivity contribution in [3.63, 3.8) is 0 Å². The van der Waals surface area contributed by atoms with E-state index in [9.17, 15) is 31.2 Å². The molecule has 0 saturated heterocycles. The number of anilines is 1. The van der Waals surface area contributed by atoms with E-state index in [0.717, 1.165) is 23.5 Å². The number of carbonyl (C=O) groups is 2. The summed E-state index contributed by atoms with van der Waals surface area (Å²) in [5.74, 6) is -1.56. The summed E-state index contributed by atoms with van der Waals surface area (Å²) in [6.07, 6.45) is -3.46. The number of ether oxygens (including phenoxy) is 1. The molecule has 2 amide bonds. The monoisotopic (exact) mass is 540 g/mol. The summed E-state index contributed by atoms with van der Waals surface area (Å²) in [5.41, 5.74) is -0.496. The van der Waals surface area contributed by atoms with Crippen LogP contribution in [-0.4, -0.2) is 26.0 Å². The average molecular weight is 541 g/mol. The molecular weight excluding hydrogens is 517 g/mol. The highest BCUT2D eigenvalue weighted by atomic mass is 32.2. The fourth-order valence-corrected chi connectivity index (χ4v) is 5.02. The topological polar surface area (TPSA) is 102 Å². The quantitative estimate of drug-likeness (QED) is 0.356. The highest BCUT2D eigenvalue weighted by Crippen LogP contribution is 2.31. The molecule has 1 heterocycles. The Morgan fingerprint density at radius 3 is 2.50 bits per heavy atom. The number of carbonyl (C=O) groups excluding carboxylic acids is 2. The molecule has 0 aliphatic rings. The van der Waals surface area contributed by atoms with Gasteiger partial charge in [-0.1, -0.05) is 37.6 Å². The zero-order valence-corrected chi connectivity index (χ0v) is 20.7. The van der Waals surface area contributed by atoms with E-state index >= 15 is 0 Å². The normalized spacial score (nSPS) is 11.7. The van der Waals surface area contributed by atoms with Crippen LogP contribution in [0.1, 0.15) is 50.9 Å². The Bertz CT molecular complexity index is 1340. The summed E-state index contributed by atoms with van der Waals surface area (Å²) in [5, 5.41) is 4.16. The van der Waals surface area contributed by atoms with Crippen molar-refractivity contribution >= 4 is 38.9 Å². The van der Waals surface area contributed by atoms with Crippen LogP contribution < -0.4 is 14.8 Å². The van der Waals surface area contributed by atoms with Crippen LogP contribution in [0.15, 0.2) is 60.0 Å². The molecule has 0 aliphatic carbocycles. The molecule has 7 nitrogen and oxygen atoms in total. The third kappa shape index (κ3) is 7.31. The molecule has 1 aromatic heterocycles. The number of benzene rings is 2. The van der Waals surface area contributed by atoms with Crippen molar-refractivity contribution in [2.75, 3.05) is 11.1 Å². The van der Waals surface area contributed by atoms with E-state index < -0.39 is 33.6 Å². The van der Waals surface area contributed by atoms with Crippen LogP contribution >= 0.6 is 11.3 Å². The minimum atomic E-state index is -4.49. The van der Waals surface area contributed by atoms with Gasteiger partial charge in [-0.15, -0.1) is 11.3 Å². The smallest absolute Gasteiger partial charge is 0.416 e. The van der Waals surface area contributed by atoms with E-state index in [1.165, 1.54) is 36.4 Å². The SMILES string of the molecule is CCCCS(=O)(=O)NC(=O)c1ccccc1NC(=O)c1sccc1OCc1cccc(C(F)(F)F)c1. The van der Waals surface area contributed by atoms with E-state index in [1.54, 1.807) is 11.4 Å². The summed E-state index contributed by atoms with van der Waals surface area (Å²) < 4.78 is 70.6. The van der Waals surface area contributed by atoms with Crippen molar-refractivity contribution in [2.24, 2.45) is 0 Å². The molecule has 0 spiro atoms. The molecule has 12 heteroatoms. The second-order valence-corrected chi connectivity index (χ2v) is 10.5. The van der Waals surface area contributed by atoms with E-state index in [0.29, 0.717) is 12.8 Å². The summed E-state index contributed by atoms with van der Waals surface area (Å²) in [6.45, 7) is 1.62. The number of thiophene rings is 1. The van der Waals surface area contributed by atoms with Gasteiger partial charge < -0.3 is 10.1 Å². The van der Waals surface area contributed by atoms with Gasteiger partial charge >= 0.3 is 6.18 Å². The Balaban J connectivity index is 1.72. The lowest BCUT2D eigenvalue weighted by Gasteiger charge is -2.13. The molecule has 3 rings (SSSR count). The highest BCUT2D eigenvalue weighted by Gasteiger charge is 2.30. The van der Waals surface area contributed by atoms with Crippen LogP contribution in [0.5, 0.6) is 5.75 Å². The van der Waals surface area contributed by atoms with Crippen molar-refractivity contribution in [3.05, 3.63) is 81.5 Å². The molecule has 0 unspecified atom stereocenters.